The molecule has 24 heavy (non-hydrogen) atoms. The van der Waals surface area contributed by atoms with Crippen LogP contribution in [0.2, 0.25) is 0 Å². The highest BCUT2D eigenvalue weighted by molar-refractivity contribution is 5.90. The van der Waals surface area contributed by atoms with Crippen molar-refractivity contribution in [2.75, 3.05) is 19.6 Å². The van der Waals surface area contributed by atoms with Crippen molar-refractivity contribution in [3.63, 3.8) is 0 Å². The lowest BCUT2D eigenvalue weighted by Gasteiger charge is -2.26. The lowest BCUT2D eigenvalue weighted by Crippen LogP contribution is -2.31. The molecule has 3 heteroatoms. The van der Waals surface area contributed by atoms with Crippen LogP contribution in [0, 0.1) is 5.82 Å². The normalized spacial score (nSPS) is 15.9. The lowest BCUT2D eigenvalue weighted by molar-refractivity contribution is 0.232. The van der Waals surface area contributed by atoms with E-state index in [4.69, 9.17) is 0 Å². The van der Waals surface area contributed by atoms with Crippen LogP contribution < -0.4 is 0 Å². The highest BCUT2D eigenvalue weighted by atomic mass is 19.1. The summed E-state index contributed by atoms with van der Waals surface area (Å²) in [5.74, 6) is -0.166. The van der Waals surface area contributed by atoms with Gasteiger partial charge in [0.05, 0.1) is 0 Å². The van der Waals surface area contributed by atoms with Crippen molar-refractivity contribution in [3.05, 3.63) is 59.9 Å². The van der Waals surface area contributed by atoms with Crippen molar-refractivity contribution in [2.24, 2.45) is 0 Å². The van der Waals surface area contributed by atoms with Crippen LogP contribution in [0.5, 0.6) is 0 Å². The van der Waals surface area contributed by atoms with E-state index in [1.165, 1.54) is 49.5 Å². The van der Waals surface area contributed by atoms with Crippen LogP contribution in [0.4, 0.5) is 4.39 Å². The molecule has 0 spiro atoms. The van der Waals surface area contributed by atoms with Crippen molar-refractivity contribution in [3.8, 4) is 11.3 Å². The van der Waals surface area contributed by atoms with E-state index in [2.05, 4.69) is 34.1 Å². The fraction of sp³-hybridized carbons (Fsp3) is 0.333. The monoisotopic (exact) mass is 322 g/mol. The van der Waals surface area contributed by atoms with E-state index in [0.717, 1.165) is 29.6 Å². The summed E-state index contributed by atoms with van der Waals surface area (Å²) in [7, 11) is 0. The highest BCUT2D eigenvalue weighted by Gasteiger charge is 2.16. The SMILES string of the molecule is Fc1ccc2[nH]c(-c3ccccc3)c(CCN3CCCCC3)c2c1. The molecule has 1 aliphatic rings. The first-order valence-electron chi connectivity index (χ1n) is 8.89. The zero-order chi connectivity index (χ0) is 16.4. The number of piperidine rings is 1. The molecule has 0 radical (unpaired) electrons. The third kappa shape index (κ3) is 3.09. The van der Waals surface area contributed by atoms with Gasteiger partial charge in [-0.15, -0.1) is 0 Å². The Balaban J connectivity index is 1.71. The largest absolute Gasteiger partial charge is 0.354 e. The Morgan fingerprint density at radius 2 is 1.75 bits per heavy atom. The zero-order valence-electron chi connectivity index (χ0n) is 13.9. The van der Waals surface area contributed by atoms with Gasteiger partial charge < -0.3 is 9.88 Å². The molecule has 0 amide bonds. The van der Waals surface area contributed by atoms with Crippen LogP contribution >= 0.6 is 0 Å². The summed E-state index contributed by atoms with van der Waals surface area (Å²) in [5.41, 5.74) is 4.56. The molecular weight excluding hydrogens is 299 g/mol. The van der Waals surface area contributed by atoms with Gasteiger partial charge in [0.1, 0.15) is 5.82 Å². The van der Waals surface area contributed by atoms with Crippen molar-refractivity contribution in [1.29, 1.82) is 0 Å². The fourth-order valence-electron chi connectivity index (χ4n) is 3.78. The number of likely N-dealkylation sites (tertiary alicyclic amines) is 1. The molecule has 0 saturated carbocycles. The summed E-state index contributed by atoms with van der Waals surface area (Å²) < 4.78 is 13.8. The molecule has 0 aliphatic carbocycles. The van der Waals surface area contributed by atoms with Gasteiger partial charge in [0.15, 0.2) is 0 Å². The van der Waals surface area contributed by atoms with Crippen LogP contribution in [0.3, 0.4) is 0 Å². The van der Waals surface area contributed by atoms with E-state index in [-0.39, 0.29) is 5.82 Å². The second-order valence-electron chi connectivity index (χ2n) is 6.69. The Morgan fingerprint density at radius 3 is 2.54 bits per heavy atom. The number of fused-ring (bicyclic) bond motifs is 1. The minimum absolute atomic E-state index is 0.166. The summed E-state index contributed by atoms with van der Waals surface area (Å²) >= 11 is 0. The molecule has 0 atom stereocenters. The van der Waals surface area contributed by atoms with Gasteiger partial charge in [0.2, 0.25) is 0 Å². The highest BCUT2D eigenvalue weighted by Crippen LogP contribution is 2.31. The van der Waals surface area contributed by atoms with Gasteiger partial charge in [-0.2, -0.15) is 0 Å². The van der Waals surface area contributed by atoms with Crippen molar-refractivity contribution in [2.45, 2.75) is 25.7 Å². The number of nitrogens with one attached hydrogen (secondary N) is 1. The fourth-order valence-corrected chi connectivity index (χ4v) is 3.78. The molecule has 2 aromatic carbocycles. The van der Waals surface area contributed by atoms with E-state index in [1.54, 1.807) is 6.07 Å². The second kappa shape index (κ2) is 6.78. The summed E-state index contributed by atoms with van der Waals surface area (Å²) in [6, 6.07) is 15.4. The van der Waals surface area contributed by atoms with Gasteiger partial charge in [-0.3, -0.25) is 0 Å². The maximum atomic E-state index is 13.8. The molecule has 2 nitrogen and oxygen atoms in total. The summed E-state index contributed by atoms with van der Waals surface area (Å²) in [5, 5.41) is 1.02. The molecule has 1 saturated heterocycles. The zero-order valence-corrected chi connectivity index (χ0v) is 13.9. The van der Waals surface area contributed by atoms with Gasteiger partial charge in [-0.1, -0.05) is 36.8 Å². The van der Waals surface area contributed by atoms with Crippen molar-refractivity contribution in [1.82, 2.24) is 9.88 Å². The molecular formula is C21H23FN2. The smallest absolute Gasteiger partial charge is 0.123 e. The number of aromatic amines is 1. The number of hydrogen-bond donors (Lipinski definition) is 1. The summed E-state index contributed by atoms with van der Waals surface area (Å²) in [4.78, 5) is 6.05. The minimum atomic E-state index is -0.166. The van der Waals surface area contributed by atoms with Crippen molar-refractivity contribution < 1.29 is 4.39 Å². The maximum Gasteiger partial charge on any atom is 0.123 e. The molecule has 1 aliphatic heterocycles. The molecule has 1 N–H and O–H groups in total. The predicted octanol–water partition coefficient (Wildman–Crippen LogP) is 5.00. The standard InChI is InChI=1S/C21H23FN2/c22-17-9-10-20-19(15-17)18(11-14-24-12-5-2-6-13-24)21(23-20)16-7-3-1-4-8-16/h1,3-4,7-10,15,23H,2,5-6,11-14H2. The van der Waals surface area contributed by atoms with Gasteiger partial charge in [-0.25, -0.2) is 4.39 Å². The molecule has 1 fully saturated rings. The number of benzene rings is 2. The van der Waals surface area contributed by atoms with Crippen LogP contribution in [-0.2, 0) is 6.42 Å². The Labute approximate surface area is 142 Å². The average molecular weight is 322 g/mol. The Kier molecular flexibility index (Phi) is 4.35. The number of rotatable bonds is 4. The third-order valence-electron chi connectivity index (χ3n) is 5.06. The number of halogens is 1. The molecule has 124 valence electrons. The van der Waals surface area contributed by atoms with E-state index < -0.39 is 0 Å². The van der Waals surface area contributed by atoms with Crippen LogP contribution in [0.25, 0.3) is 22.2 Å². The topological polar surface area (TPSA) is 19.0 Å². The first kappa shape index (κ1) is 15.4. The second-order valence-corrected chi connectivity index (χ2v) is 6.69. The third-order valence-corrected chi connectivity index (χ3v) is 5.06. The number of H-pyrrole nitrogens is 1. The van der Waals surface area contributed by atoms with E-state index >= 15 is 0 Å². The number of nitrogens with zero attached hydrogens (tertiary/aromatic N) is 1. The number of hydrogen-bond acceptors (Lipinski definition) is 1. The van der Waals surface area contributed by atoms with E-state index in [9.17, 15) is 4.39 Å². The lowest BCUT2D eigenvalue weighted by atomic mass is 10.0. The molecule has 2 heterocycles. The first-order valence-corrected chi connectivity index (χ1v) is 8.89. The molecule has 0 unspecified atom stereocenters. The molecule has 4 rings (SSSR count). The van der Waals surface area contributed by atoms with Crippen molar-refractivity contribution >= 4 is 10.9 Å². The Hall–Kier alpha value is -2.13. The van der Waals surface area contributed by atoms with Crippen LogP contribution in [-0.4, -0.2) is 29.5 Å². The van der Waals surface area contributed by atoms with Gasteiger partial charge >= 0.3 is 0 Å². The molecule has 0 bridgehead atoms. The van der Waals surface area contributed by atoms with Gasteiger partial charge in [0, 0.05) is 23.1 Å². The maximum absolute atomic E-state index is 13.8. The molecule has 1 aromatic heterocycles. The van der Waals surface area contributed by atoms with E-state index in [1.807, 2.05) is 12.1 Å². The average Bonchev–Trinajstić information content (AvgIpc) is 2.99. The quantitative estimate of drug-likeness (QED) is 0.716. The minimum Gasteiger partial charge on any atom is -0.354 e. The van der Waals surface area contributed by atoms with Crippen LogP contribution in [0.1, 0.15) is 24.8 Å². The predicted molar refractivity (Wildman–Crippen MR) is 97.7 cm³/mol. The summed E-state index contributed by atoms with van der Waals surface area (Å²) in [6.45, 7) is 3.43. The van der Waals surface area contributed by atoms with Gasteiger partial charge in [0.25, 0.3) is 0 Å². The Bertz CT molecular complexity index is 816. The Morgan fingerprint density at radius 1 is 0.958 bits per heavy atom. The number of aromatic nitrogens is 1. The summed E-state index contributed by atoms with van der Waals surface area (Å²) in [6.07, 6.45) is 4.90. The molecule has 3 aromatic rings. The van der Waals surface area contributed by atoms with Crippen LogP contribution in [0.15, 0.2) is 48.5 Å². The van der Waals surface area contributed by atoms with E-state index in [0.29, 0.717) is 0 Å². The first-order chi connectivity index (χ1) is 11.8. The van der Waals surface area contributed by atoms with Gasteiger partial charge in [-0.05, 0) is 61.7 Å².